The average molecular weight is 302 g/mol. The Bertz CT molecular complexity index is 616. The first kappa shape index (κ1) is 15.9. The Morgan fingerprint density at radius 3 is 2.68 bits per heavy atom. The number of unbranched alkanes of at least 4 members (excludes halogenated alkanes) is 2. The lowest BCUT2D eigenvalue weighted by Gasteiger charge is -2.07. The van der Waals surface area contributed by atoms with Crippen LogP contribution in [0.5, 0.6) is 0 Å². The Labute approximate surface area is 129 Å². The smallest absolute Gasteiger partial charge is 0.274 e. The molecular weight excluding hydrogens is 283 g/mol. The van der Waals surface area contributed by atoms with Gasteiger partial charge in [0.1, 0.15) is 11.5 Å². The summed E-state index contributed by atoms with van der Waals surface area (Å²) in [7, 11) is 0. The number of carbonyl (C=O) groups excluding carboxylic acids is 1. The van der Waals surface area contributed by atoms with Crippen LogP contribution in [0.1, 0.15) is 36.7 Å². The van der Waals surface area contributed by atoms with Gasteiger partial charge in [-0.05, 0) is 36.8 Å². The van der Waals surface area contributed by atoms with Gasteiger partial charge in [0.2, 0.25) is 5.95 Å². The highest BCUT2D eigenvalue weighted by molar-refractivity contribution is 6.02. The van der Waals surface area contributed by atoms with Crippen LogP contribution in [0.25, 0.3) is 0 Å². The van der Waals surface area contributed by atoms with Crippen molar-refractivity contribution in [3.8, 4) is 0 Å². The second kappa shape index (κ2) is 8.07. The van der Waals surface area contributed by atoms with Crippen LogP contribution in [0.15, 0.2) is 36.5 Å². The van der Waals surface area contributed by atoms with Crippen LogP contribution >= 0.6 is 0 Å². The molecule has 0 saturated carbocycles. The van der Waals surface area contributed by atoms with Gasteiger partial charge < -0.3 is 10.6 Å². The predicted octanol–water partition coefficient (Wildman–Crippen LogP) is 3.47. The molecule has 0 spiro atoms. The van der Waals surface area contributed by atoms with Gasteiger partial charge in [-0.15, -0.1) is 0 Å². The van der Waals surface area contributed by atoms with Crippen LogP contribution in [0.3, 0.4) is 0 Å². The number of halogens is 1. The number of rotatable bonds is 7. The lowest BCUT2D eigenvalue weighted by molar-refractivity contribution is 0.102. The number of nitrogens with zero attached hydrogens (tertiary/aromatic N) is 2. The minimum Gasteiger partial charge on any atom is -0.354 e. The molecule has 2 N–H and O–H groups in total. The topological polar surface area (TPSA) is 66.9 Å². The standard InChI is InChI=1S/C16H19FN4O/c1-2-3-4-10-18-16-19-11-9-14(21-16)15(22)20-13-7-5-12(17)6-8-13/h5-9,11H,2-4,10H2,1H3,(H,20,22)(H,18,19,21). The molecule has 0 aliphatic carbocycles. The number of amides is 1. The van der Waals surface area contributed by atoms with E-state index in [1.807, 2.05) is 0 Å². The molecule has 0 saturated heterocycles. The second-order valence-electron chi connectivity index (χ2n) is 4.86. The summed E-state index contributed by atoms with van der Waals surface area (Å²) in [6.45, 7) is 2.91. The molecule has 2 rings (SSSR count). The van der Waals surface area contributed by atoms with Crippen molar-refractivity contribution >= 4 is 17.5 Å². The largest absolute Gasteiger partial charge is 0.354 e. The zero-order valence-corrected chi connectivity index (χ0v) is 12.5. The molecular formula is C16H19FN4O. The summed E-state index contributed by atoms with van der Waals surface area (Å²) in [4.78, 5) is 20.4. The monoisotopic (exact) mass is 302 g/mol. The first-order valence-electron chi connectivity index (χ1n) is 7.33. The molecule has 1 heterocycles. The van der Waals surface area contributed by atoms with Gasteiger partial charge in [-0.2, -0.15) is 0 Å². The van der Waals surface area contributed by atoms with E-state index in [4.69, 9.17) is 0 Å². The maximum absolute atomic E-state index is 12.8. The molecule has 2 aromatic rings. The molecule has 22 heavy (non-hydrogen) atoms. The third kappa shape index (κ3) is 4.80. The molecule has 1 aromatic heterocycles. The number of aromatic nitrogens is 2. The van der Waals surface area contributed by atoms with Gasteiger partial charge in [0.15, 0.2) is 0 Å². The Balaban J connectivity index is 1.96. The molecule has 1 amide bonds. The molecule has 0 aliphatic heterocycles. The molecule has 0 radical (unpaired) electrons. The Kier molecular flexibility index (Phi) is 5.82. The average Bonchev–Trinajstić information content (AvgIpc) is 2.54. The van der Waals surface area contributed by atoms with Crippen LogP contribution in [-0.2, 0) is 0 Å². The molecule has 0 fully saturated rings. The third-order valence-corrected chi connectivity index (χ3v) is 3.05. The van der Waals surface area contributed by atoms with Gasteiger partial charge in [-0.3, -0.25) is 4.79 Å². The van der Waals surface area contributed by atoms with Gasteiger partial charge in [0.25, 0.3) is 5.91 Å². The number of hydrogen-bond acceptors (Lipinski definition) is 4. The van der Waals surface area contributed by atoms with Crippen LogP contribution in [0.2, 0.25) is 0 Å². The van der Waals surface area contributed by atoms with Gasteiger partial charge in [0, 0.05) is 18.4 Å². The Morgan fingerprint density at radius 2 is 1.95 bits per heavy atom. The summed E-state index contributed by atoms with van der Waals surface area (Å²) >= 11 is 0. The Morgan fingerprint density at radius 1 is 1.18 bits per heavy atom. The van der Waals surface area contributed by atoms with E-state index in [2.05, 4.69) is 27.5 Å². The molecule has 5 nitrogen and oxygen atoms in total. The fourth-order valence-corrected chi connectivity index (χ4v) is 1.87. The molecule has 6 heteroatoms. The number of nitrogens with one attached hydrogen (secondary N) is 2. The number of carbonyl (C=O) groups is 1. The highest BCUT2D eigenvalue weighted by Crippen LogP contribution is 2.10. The molecule has 0 atom stereocenters. The molecule has 1 aromatic carbocycles. The van der Waals surface area contributed by atoms with E-state index < -0.39 is 0 Å². The minimum atomic E-state index is -0.356. The van der Waals surface area contributed by atoms with E-state index in [9.17, 15) is 9.18 Å². The van der Waals surface area contributed by atoms with Gasteiger partial charge in [-0.1, -0.05) is 19.8 Å². The van der Waals surface area contributed by atoms with Crippen molar-refractivity contribution in [3.63, 3.8) is 0 Å². The maximum atomic E-state index is 12.8. The van der Waals surface area contributed by atoms with Crippen molar-refractivity contribution in [1.82, 2.24) is 9.97 Å². The van der Waals surface area contributed by atoms with E-state index in [1.165, 1.54) is 36.5 Å². The highest BCUT2D eigenvalue weighted by Gasteiger charge is 2.09. The van der Waals surface area contributed by atoms with Crippen molar-refractivity contribution in [1.29, 1.82) is 0 Å². The normalized spacial score (nSPS) is 10.3. The van der Waals surface area contributed by atoms with Crippen molar-refractivity contribution in [2.45, 2.75) is 26.2 Å². The second-order valence-corrected chi connectivity index (χ2v) is 4.86. The molecule has 0 aliphatic rings. The zero-order chi connectivity index (χ0) is 15.8. The minimum absolute atomic E-state index is 0.261. The van der Waals surface area contributed by atoms with E-state index in [1.54, 1.807) is 0 Å². The van der Waals surface area contributed by atoms with Crippen molar-refractivity contribution in [2.75, 3.05) is 17.2 Å². The number of anilines is 2. The van der Waals surface area contributed by atoms with E-state index in [0.717, 1.165) is 25.8 Å². The van der Waals surface area contributed by atoms with Gasteiger partial charge >= 0.3 is 0 Å². The fraction of sp³-hybridized carbons (Fsp3) is 0.312. The maximum Gasteiger partial charge on any atom is 0.274 e. The van der Waals surface area contributed by atoms with Crippen molar-refractivity contribution < 1.29 is 9.18 Å². The highest BCUT2D eigenvalue weighted by atomic mass is 19.1. The van der Waals surface area contributed by atoms with Gasteiger partial charge in [0.05, 0.1) is 0 Å². The number of hydrogen-bond donors (Lipinski definition) is 2. The SMILES string of the molecule is CCCCCNc1nccc(C(=O)Nc2ccc(F)cc2)n1. The summed E-state index contributed by atoms with van der Waals surface area (Å²) in [6, 6.07) is 7.11. The van der Waals surface area contributed by atoms with Crippen LogP contribution < -0.4 is 10.6 Å². The van der Waals surface area contributed by atoms with Crippen LogP contribution in [0, 0.1) is 5.82 Å². The lowest BCUT2D eigenvalue weighted by atomic mass is 10.2. The quantitative estimate of drug-likeness (QED) is 0.769. The number of benzene rings is 1. The van der Waals surface area contributed by atoms with Crippen LogP contribution in [-0.4, -0.2) is 22.4 Å². The van der Waals surface area contributed by atoms with Crippen molar-refractivity contribution in [2.24, 2.45) is 0 Å². The molecule has 116 valence electrons. The van der Waals surface area contributed by atoms with Crippen LogP contribution in [0.4, 0.5) is 16.0 Å². The fourth-order valence-electron chi connectivity index (χ4n) is 1.87. The summed E-state index contributed by atoms with van der Waals surface area (Å²) in [5.74, 6) is -0.271. The summed E-state index contributed by atoms with van der Waals surface area (Å²) in [5.41, 5.74) is 0.778. The van der Waals surface area contributed by atoms with E-state index >= 15 is 0 Å². The Hall–Kier alpha value is -2.50. The third-order valence-electron chi connectivity index (χ3n) is 3.05. The summed E-state index contributed by atoms with van der Waals surface area (Å²) in [6.07, 6.45) is 4.85. The zero-order valence-electron chi connectivity index (χ0n) is 12.5. The van der Waals surface area contributed by atoms with E-state index in [0.29, 0.717) is 11.6 Å². The lowest BCUT2D eigenvalue weighted by Crippen LogP contribution is -2.15. The summed E-state index contributed by atoms with van der Waals surface area (Å²) < 4.78 is 12.8. The summed E-state index contributed by atoms with van der Waals surface area (Å²) in [5, 5.41) is 5.76. The van der Waals surface area contributed by atoms with Crippen molar-refractivity contribution in [3.05, 3.63) is 48.0 Å². The van der Waals surface area contributed by atoms with Gasteiger partial charge in [-0.25, -0.2) is 14.4 Å². The first-order valence-corrected chi connectivity index (χ1v) is 7.33. The van der Waals surface area contributed by atoms with E-state index in [-0.39, 0.29) is 17.4 Å². The predicted molar refractivity (Wildman–Crippen MR) is 84.4 cm³/mol. The molecule has 0 bridgehead atoms. The first-order chi connectivity index (χ1) is 10.7. The molecule has 0 unspecified atom stereocenters.